The number of ether oxygens (including phenoxy) is 2. The molecule has 1 rings (SSSR count). The molecule has 23 heavy (non-hydrogen) atoms. The molecule has 0 saturated heterocycles. The van der Waals surface area contributed by atoms with Gasteiger partial charge in [0.05, 0.1) is 19.2 Å². The van der Waals surface area contributed by atoms with Gasteiger partial charge in [-0.05, 0) is 12.8 Å². The van der Waals surface area contributed by atoms with Gasteiger partial charge in [0.1, 0.15) is 4.90 Å². The minimum Gasteiger partial charge on any atom is -0.493 e. The summed E-state index contributed by atoms with van der Waals surface area (Å²) in [6.45, 7) is 3.97. The molecule has 0 fully saturated rings. The molecule has 0 atom stereocenters. The molecular weight excluding hydrogens is 363 g/mol. The third kappa shape index (κ3) is 4.87. The smallest absolute Gasteiger partial charge is 0.242 e. The lowest BCUT2D eigenvalue weighted by atomic mass is 9.95. The molecule has 0 unspecified atom stereocenters. The summed E-state index contributed by atoms with van der Waals surface area (Å²) in [5.41, 5.74) is 5.05. The van der Waals surface area contributed by atoms with E-state index in [0.29, 0.717) is 24.3 Å². The van der Waals surface area contributed by atoms with E-state index in [1.165, 1.54) is 26.4 Å². The molecule has 9 heteroatoms. The fourth-order valence-corrected chi connectivity index (χ4v) is 4.19. The van der Waals surface area contributed by atoms with E-state index in [2.05, 4.69) is 4.72 Å². The minimum atomic E-state index is -3.84. The number of nitrogens with one attached hydrogen (secondary N) is 1. The zero-order chi connectivity index (χ0) is 17.0. The Bertz CT molecular complexity index is 611. The Morgan fingerprint density at radius 1 is 1.17 bits per heavy atom. The molecule has 134 valence electrons. The SMILES string of the molecule is CCC(CC)(CN)NS(=O)(=O)c1cc(OC)c(OC)cc1Cl.Cl. The van der Waals surface area contributed by atoms with Crippen LogP contribution in [0.4, 0.5) is 0 Å². The number of sulfonamides is 1. The van der Waals surface area contributed by atoms with E-state index < -0.39 is 15.6 Å². The normalized spacial score (nSPS) is 11.7. The second-order valence-corrected chi connectivity index (χ2v) is 6.99. The van der Waals surface area contributed by atoms with Crippen LogP contribution in [0.15, 0.2) is 17.0 Å². The van der Waals surface area contributed by atoms with Gasteiger partial charge in [-0.25, -0.2) is 13.1 Å². The highest BCUT2D eigenvalue weighted by molar-refractivity contribution is 7.89. The van der Waals surface area contributed by atoms with E-state index in [-0.39, 0.29) is 28.9 Å². The average molecular weight is 387 g/mol. The number of hydrogen-bond acceptors (Lipinski definition) is 5. The summed E-state index contributed by atoms with van der Waals surface area (Å²) in [5, 5.41) is 0.0586. The third-order valence-electron chi connectivity index (χ3n) is 3.82. The van der Waals surface area contributed by atoms with Crippen LogP contribution in [-0.4, -0.2) is 34.7 Å². The van der Waals surface area contributed by atoms with Crippen molar-refractivity contribution in [3.63, 3.8) is 0 Å². The maximum Gasteiger partial charge on any atom is 0.242 e. The average Bonchev–Trinajstić information content (AvgIpc) is 2.52. The van der Waals surface area contributed by atoms with Crippen LogP contribution in [-0.2, 0) is 10.0 Å². The monoisotopic (exact) mass is 386 g/mol. The summed E-state index contributed by atoms with van der Waals surface area (Å²) in [4.78, 5) is -0.0634. The number of halogens is 2. The van der Waals surface area contributed by atoms with Crippen molar-refractivity contribution in [1.29, 1.82) is 0 Å². The second kappa shape index (κ2) is 8.94. The summed E-state index contributed by atoms with van der Waals surface area (Å²) in [6.07, 6.45) is 1.15. The maximum absolute atomic E-state index is 12.7. The van der Waals surface area contributed by atoms with Crippen molar-refractivity contribution in [3.8, 4) is 11.5 Å². The van der Waals surface area contributed by atoms with Crippen LogP contribution in [0.25, 0.3) is 0 Å². The van der Waals surface area contributed by atoms with E-state index in [1.54, 1.807) is 0 Å². The zero-order valence-corrected chi connectivity index (χ0v) is 16.1. The number of nitrogens with two attached hydrogens (primary N) is 1. The lowest BCUT2D eigenvalue weighted by Crippen LogP contribution is -2.52. The molecule has 0 heterocycles. The quantitative estimate of drug-likeness (QED) is 0.716. The molecule has 3 N–H and O–H groups in total. The van der Waals surface area contributed by atoms with Crippen molar-refractivity contribution >= 4 is 34.0 Å². The first-order valence-corrected chi connectivity index (χ1v) is 8.80. The van der Waals surface area contributed by atoms with Crippen LogP contribution in [0.1, 0.15) is 26.7 Å². The molecule has 0 aliphatic heterocycles. The van der Waals surface area contributed by atoms with E-state index in [0.717, 1.165) is 0 Å². The van der Waals surface area contributed by atoms with E-state index in [4.69, 9.17) is 26.8 Å². The Morgan fingerprint density at radius 2 is 1.65 bits per heavy atom. The number of hydrogen-bond donors (Lipinski definition) is 2. The molecule has 0 aliphatic rings. The first-order valence-electron chi connectivity index (χ1n) is 6.94. The maximum atomic E-state index is 12.7. The van der Waals surface area contributed by atoms with Crippen LogP contribution in [0.3, 0.4) is 0 Å². The lowest BCUT2D eigenvalue weighted by Gasteiger charge is -2.31. The largest absolute Gasteiger partial charge is 0.493 e. The van der Waals surface area contributed by atoms with Crippen molar-refractivity contribution in [2.24, 2.45) is 5.73 Å². The summed E-state index contributed by atoms with van der Waals surface area (Å²) >= 11 is 6.09. The minimum absolute atomic E-state index is 0. The molecule has 0 aromatic heterocycles. The summed E-state index contributed by atoms with van der Waals surface area (Å²) in [7, 11) is -0.959. The number of methoxy groups -OCH3 is 2. The predicted molar refractivity (Wildman–Crippen MR) is 94.5 cm³/mol. The van der Waals surface area contributed by atoms with Crippen molar-refractivity contribution in [2.75, 3.05) is 20.8 Å². The lowest BCUT2D eigenvalue weighted by molar-refractivity contribution is 0.352. The Hall–Kier alpha value is -0.730. The summed E-state index contributed by atoms with van der Waals surface area (Å²) in [6, 6.07) is 2.76. The molecule has 0 saturated carbocycles. The summed E-state index contributed by atoms with van der Waals surface area (Å²) < 4.78 is 38.2. The molecule has 0 aliphatic carbocycles. The van der Waals surface area contributed by atoms with Crippen LogP contribution in [0, 0.1) is 0 Å². The Balaban J connectivity index is 0.00000484. The first-order chi connectivity index (χ1) is 10.3. The first kappa shape index (κ1) is 22.3. The van der Waals surface area contributed by atoms with Crippen LogP contribution in [0.2, 0.25) is 5.02 Å². The van der Waals surface area contributed by atoms with Crippen LogP contribution >= 0.6 is 24.0 Å². The topological polar surface area (TPSA) is 90.7 Å². The molecule has 0 bridgehead atoms. The van der Waals surface area contributed by atoms with E-state index >= 15 is 0 Å². The summed E-state index contributed by atoms with van der Waals surface area (Å²) in [5.74, 6) is 0.654. The Morgan fingerprint density at radius 3 is 2.04 bits per heavy atom. The van der Waals surface area contributed by atoms with Gasteiger partial charge in [-0.2, -0.15) is 0 Å². The van der Waals surface area contributed by atoms with Crippen LogP contribution < -0.4 is 19.9 Å². The van der Waals surface area contributed by atoms with Gasteiger partial charge in [0.25, 0.3) is 0 Å². The number of rotatable bonds is 8. The predicted octanol–water partition coefficient (Wildman–Crippen LogP) is 2.57. The standard InChI is InChI=1S/C14H23ClN2O4S.ClH/c1-5-14(6-2,9-16)17-22(18,19)13-8-12(21-4)11(20-3)7-10(13)15;/h7-8,17H,5-6,9,16H2,1-4H3;1H. The molecule has 1 aromatic rings. The van der Waals surface area contributed by atoms with Gasteiger partial charge in [-0.1, -0.05) is 25.4 Å². The molecule has 0 amide bonds. The van der Waals surface area contributed by atoms with Crippen molar-refractivity contribution in [3.05, 3.63) is 17.2 Å². The van der Waals surface area contributed by atoms with E-state index in [9.17, 15) is 8.42 Å². The van der Waals surface area contributed by atoms with Crippen molar-refractivity contribution in [1.82, 2.24) is 4.72 Å². The molecule has 0 spiro atoms. The zero-order valence-electron chi connectivity index (χ0n) is 13.7. The Kier molecular flexibility index (Phi) is 8.65. The van der Waals surface area contributed by atoms with Crippen molar-refractivity contribution < 1.29 is 17.9 Å². The highest BCUT2D eigenvalue weighted by Gasteiger charge is 2.32. The van der Waals surface area contributed by atoms with Gasteiger partial charge < -0.3 is 15.2 Å². The second-order valence-electron chi connectivity index (χ2n) is 4.93. The van der Waals surface area contributed by atoms with Crippen LogP contribution in [0.5, 0.6) is 11.5 Å². The highest BCUT2D eigenvalue weighted by Crippen LogP contribution is 2.35. The fourth-order valence-electron chi connectivity index (χ4n) is 2.11. The number of benzene rings is 1. The van der Waals surface area contributed by atoms with Gasteiger partial charge in [-0.3, -0.25) is 0 Å². The van der Waals surface area contributed by atoms with Gasteiger partial charge in [0.15, 0.2) is 11.5 Å². The van der Waals surface area contributed by atoms with E-state index in [1.807, 2.05) is 13.8 Å². The highest BCUT2D eigenvalue weighted by atomic mass is 35.5. The molecule has 6 nitrogen and oxygen atoms in total. The van der Waals surface area contributed by atoms with Gasteiger partial charge >= 0.3 is 0 Å². The van der Waals surface area contributed by atoms with Crippen molar-refractivity contribution in [2.45, 2.75) is 37.1 Å². The molecular formula is C14H24Cl2N2O4S. The van der Waals surface area contributed by atoms with Gasteiger partial charge in [-0.15, -0.1) is 12.4 Å². The molecule has 1 aromatic carbocycles. The fraction of sp³-hybridized carbons (Fsp3) is 0.571. The van der Waals surface area contributed by atoms with Gasteiger partial charge in [0, 0.05) is 24.2 Å². The third-order valence-corrected chi connectivity index (χ3v) is 5.87. The molecule has 0 radical (unpaired) electrons. The Labute approximate surface area is 149 Å². The van der Waals surface area contributed by atoms with Gasteiger partial charge in [0.2, 0.25) is 10.0 Å².